The highest BCUT2D eigenvalue weighted by Crippen LogP contribution is 2.13. The molecule has 1 saturated heterocycles. The van der Waals surface area contributed by atoms with Crippen molar-refractivity contribution >= 4 is 17.7 Å². The number of amides is 1. The summed E-state index contributed by atoms with van der Waals surface area (Å²) in [5, 5.41) is 2.87. The molecule has 0 aromatic carbocycles. The molecule has 1 rings (SSSR count). The number of thioether (sulfide) groups is 1. The number of rotatable bonds is 3. The lowest BCUT2D eigenvalue weighted by atomic mass is 10.3. The summed E-state index contributed by atoms with van der Waals surface area (Å²) in [5.74, 6) is 0.875. The summed E-state index contributed by atoms with van der Waals surface area (Å²) in [5.41, 5.74) is 1.77. The van der Waals surface area contributed by atoms with Crippen molar-refractivity contribution in [2.45, 2.75) is 12.2 Å². The van der Waals surface area contributed by atoms with Gasteiger partial charge in [0.1, 0.15) is 0 Å². The molecular weight excluding hydrogens is 233 g/mol. The summed E-state index contributed by atoms with van der Waals surface area (Å²) in [6, 6.07) is -0.475. The number of alkyl halides is 3. The SMILES string of the molecule is O=C(NOCC(F)(F)F)C1CSCCN1. The van der Waals surface area contributed by atoms with Gasteiger partial charge in [0.2, 0.25) is 0 Å². The first-order valence-electron chi connectivity index (χ1n) is 4.28. The Morgan fingerprint density at radius 2 is 2.33 bits per heavy atom. The Labute approximate surface area is 88.9 Å². The Balaban J connectivity index is 2.17. The van der Waals surface area contributed by atoms with Gasteiger partial charge in [-0.05, 0) is 0 Å². The largest absolute Gasteiger partial charge is 0.414 e. The number of nitrogens with one attached hydrogen (secondary N) is 2. The van der Waals surface area contributed by atoms with Crippen LogP contribution in [0.3, 0.4) is 0 Å². The van der Waals surface area contributed by atoms with E-state index in [0.717, 1.165) is 5.75 Å². The minimum Gasteiger partial charge on any atom is -0.304 e. The molecule has 0 bridgehead atoms. The van der Waals surface area contributed by atoms with Crippen LogP contribution in [0, 0.1) is 0 Å². The molecule has 4 nitrogen and oxygen atoms in total. The number of carbonyl (C=O) groups excluding carboxylic acids is 1. The molecule has 8 heteroatoms. The number of halogens is 3. The highest BCUT2D eigenvalue weighted by molar-refractivity contribution is 7.99. The van der Waals surface area contributed by atoms with Crippen molar-refractivity contribution in [2.24, 2.45) is 0 Å². The van der Waals surface area contributed by atoms with E-state index in [-0.39, 0.29) is 0 Å². The highest BCUT2D eigenvalue weighted by Gasteiger charge is 2.29. The van der Waals surface area contributed by atoms with Crippen LogP contribution >= 0.6 is 11.8 Å². The van der Waals surface area contributed by atoms with Crippen molar-refractivity contribution in [3.8, 4) is 0 Å². The molecule has 2 N–H and O–H groups in total. The molecule has 0 radical (unpaired) electrons. The van der Waals surface area contributed by atoms with Crippen LogP contribution in [0.4, 0.5) is 13.2 Å². The third-order valence-corrected chi connectivity index (χ3v) is 2.71. The van der Waals surface area contributed by atoms with Crippen LogP contribution in [0.1, 0.15) is 0 Å². The monoisotopic (exact) mass is 244 g/mol. The van der Waals surface area contributed by atoms with E-state index >= 15 is 0 Å². The minimum absolute atomic E-state index is 0.475. The van der Waals surface area contributed by atoms with Gasteiger partial charge in [-0.1, -0.05) is 0 Å². The first kappa shape index (κ1) is 12.6. The van der Waals surface area contributed by atoms with E-state index in [9.17, 15) is 18.0 Å². The van der Waals surface area contributed by atoms with Crippen LogP contribution in [-0.4, -0.2) is 42.8 Å². The van der Waals surface area contributed by atoms with Crippen LogP contribution < -0.4 is 10.8 Å². The van der Waals surface area contributed by atoms with E-state index in [0.29, 0.717) is 12.3 Å². The second-order valence-electron chi connectivity index (χ2n) is 2.95. The highest BCUT2D eigenvalue weighted by atomic mass is 32.2. The summed E-state index contributed by atoms with van der Waals surface area (Å²) in [6.45, 7) is -0.805. The lowest BCUT2D eigenvalue weighted by Gasteiger charge is -2.21. The van der Waals surface area contributed by atoms with Crippen molar-refractivity contribution in [3.05, 3.63) is 0 Å². The van der Waals surface area contributed by atoms with Gasteiger partial charge in [0.25, 0.3) is 5.91 Å². The summed E-state index contributed by atoms with van der Waals surface area (Å²) in [6.07, 6.45) is -4.43. The molecule has 1 amide bonds. The molecule has 1 aliphatic heterocycles. The zero-order valence-electron chi connectivity index (χ0n) is 7.76. The fraction of sp³-hybridized carbons (Fsp3) is 0.857. The normalized spacial score (nSPS) is 22.5. The topological polar surface area (TPSA) is 50.4 Å². The van der Waals surface area contributed by atoms with Gasteiger partial charge in [-0.25, -0.2) is 5.48 Å². The molecular formula is C7H11F3N2O2S. The fourth-order valence-electron chi connectivity index (χ4n) is 0.994. The van der Waals surface area contributed by atoms with Crippen molar-refractivity contribution in [2.75, 3.05) is 24.7 Å². The molecule has 0 saturated carbocycles. The molecule has 1 heterocycles. The summed E-state index contributed by atoms with van der Waals surface area (Å²) in [4.78, 5) is 15.2. The lowest BCUT2D eigenvalue weighted by molar-refractivity contribution is -0.192. The van der Waals surface area contributed by atoms with Gasteiger partial charge in [-0.3, -0.25) is 9.63 Å². The van der Waals surface area contributed by atoms with Gasteiger partial charge in [0.05, 0.1) is 6.04 Å². The van der Waals surface area contributed by atoms with E-state index in [4.69, 9.17) is 0 Å². The molecule has 88 valence electrons. The van der Waals surface area contributed by atoms with Gasteiger partial charge in [0, 0.05) is 18.1 Å². The summed E-state index contributed by atoms with van der Waals surface area (Å²) in [7, 11) is 0. The van der Waals surface area contributed by atoms with Gasteiger partial charge in [0.15, 0.2) is 6.61 Å². The lowest BCUT2D eigenvalue weighted by Crippen LogP contribution is -2.49. The molecule has 1 aliphatic rings. The number of hydrogen-bond acceptors (Lipinski definition) is 4. The predicted molar refractivity (Wildman–Crippen MR) is 49.3 cm³/mol. The maximum atomic E-state index is 11.7. The van der Waals surface area contributed by atoms with Gasteiger partial charge in [-0.15, -0.1) is 0 Å². The Morgan fingerprint density at radius 1 is 1.60 bits per heavy atom. The second kappa shape index (κ2) is 5.57. The fourth-order valence-corrected chi connectivity index (χ4v) is 1.93. The van der Waals surface area contributed by atoms with Crippen molar-refractivity contribution in [1.82, 2.24) is 10.8 Å². The number of hydroxylamine groups is 1. The van der Waals surface area contributed by atoms with Crippen LogP contribution in [0.25, 0.3) is 0 Å². The molecule has 0 spiro atoms. The maximum Gasteiger partial charge on any atom is 0.414 e. The summed E-state index contributed by atoms with van der Waals surface area (Å²) >= 11 is 1.57. The Morgan fingerprint density at radius 3 is 2.87 bits per heavy atom. The van der Waals surface area contributed by atoms with E-state index < -0.39 is 24.7 Å². The third-order valence-electron chi connectivity index (χ3n) is 1.65. The Kier molecular flexibility index (Phi) is 4.68. The molecule has 0 aliphatic carbocycles. The first-order chi connectivity index (χ1) is 6.99. The van der Waals surface area contributed by atoms with Crippen LogP contribution in [0.5, 0.6) is 0 Å². The predicted octanol–water partition coefficient (Wildman–Crippen LogP) is 0.301. The number of carbonyl (C=O) groups is 1. The maximum absolute atomic E-state index is 11.7. The number of hydrogen-bond donors (Lipinski definition) is 2. The Hall–Kier alpha value is -0.470. The van der Waals surface area contributed by atoms with E-state index in [2.05, 4.69) is 10.2 Å². The second-order valence-corrected chi connectivity index (χ2v) is 4.10. The van der Waals surface area contributed by atoms with E-state index in [1.54, 1.807) is 17.2 Å². The molecule has 15 heavy (non-hydrogen) atoms. The quantitative estimate of drug-likeness (QED) is 0.701. The molecule has 1 atom stereocenters. The van der Waals surface area contributed by atoms with Crippen LogP contribution in [-0.2, 0) is 9.63 Å². The third kappa shape index (κ3) is 5.24. The van der Waals surface area contributed by atoms with Crippen molar-refractivity contribution in [3.63, 3.8) is 0 Å². The van der Waals surface area contributed by atoms with Gasteiger partial charge in [-0.2, -0.15) is 24.9 Å². The average Bonchev–Trinajstić information content (AvgIpc) is 2.17. The molecule has 0 aromatic heterocycles. The minimum atomic E-state index is -4.43. The van der Waals surface area contributed by atoms with Gasteiger partial charge >= 0.3 is 6.18 Å². The molecule has 0 aromatic rings. The summed E-state index contributed by atoms with van der Waals surface area (Å²) < 4.78 is 35.0. The zero-order chi connectivity index (χ0) is 11.3. The van der Waals surface area contributed by atoms with Crippen LogP contribution in [0.2, 0.25) is 0 Å². The van der Waals surface area contributed by atoms with Gasteiger partial charge < -0.3 is 5.32 Å². The average molecular weight is 244 g/mol. The zero-order valence-corrected chi connectivity index (χ0v) is 8.58. The standard InChI is InChI=1S/C7H11F3N2O2S/c8-7(9,10)4-14-12-6(13)5-3-15-2-1-11-5/h5,11H,1-4H2,(H,12,13). The Bertz CT molecular complexity index is 219. The molecule has 1 fully saturated rings. The van der Waals surface area contributed by atoms with E-state index in [1.165, 1.54) is 0 Å². The smallest absolute Gasteiger partial charge is 0.304 e. The van der Waals surface area contributed by atoms with Crippen molar-refractivity contribution < 1.29 is 22.8 Å². The van der Waals surface area contributed by atoms with Crippen LogP contribution in [0.15, 0.2) is 0 Å². The first-order valence-corrected chi connectivity index (χ1v) is 5.44. The molecule has 1 unspecified atom stereocenters. The van der Waals surface area contributed by atoms with E-state index in [1.807, 2.05) is 0 Å². The van der Waals surface area contributed by atoms with Crippen molar-refractivity contribution in [1.29, 1.82) is 0 Å².